The Morgan fingerprint density at radius 3 is 2.79 bits per heavy atom. The molecule has 2 N–H and O–H groups in total. The Morgan fingerprint density at radius 2 is 2.29 bits per heavy atom. The Kier molecular flexibility index (Phi) is 3.71. The number of aryl methyl sites for hydroxylation is 1. The maximum absolute atomic E-state index is 11.6. The fourth-order valence-electron chi connectivity index (χ4n) is 1.19. The van der Waals surface area contributed by atoms with Gasteiger partial charge in [-0.2, -0.15) is 0 Å². The van der Waals surface area contributed by atoms with Gasteiger partial charge >= 0.3 is 0 Å². The van der Waals surface area contributed by atoms with Crippen LogP contribution in [0.5, 0.6) is 0 Å². The monoisotopic (exact) mass is 195 g/mol. The van der Waals surface area contributed by atoms with E-state index in [2.05, 4.69) is 10.3 Å². The molecule has 14 heavy (non-hydrogen) atoms. The van der Waals surface area contributed by atoms with Crippen molar-refractivity contribution in [2.75, 3.05) is 27.2 Å². The highest BCUT2D eigenvalue weighted by molar-refractivity contribution is 5.95. The quantitative estimate of drug-likeness (QED) is 0.739. The van der Waals surface area contributed by atoms with Gasteiger partial charge in [0.25, 0.3) is 5.91 Å². The lowest BCUT2D eigenvalue weighted by Gasteiger charge is -2.10. The second-order valence-corrected chi connectivity index (χ2v) is 3.58. The highest BCUT2D eigenvalue weighted by atomic mass is 16.1. The summed E-state index contributed by atoms with van der Waals surface area (Å²) in [6.07, 6.45) is 1.77. The van der Waals surface area contributed by atoms with Crippen LogP contribution in [0.2, 0.25) is 0 Å². The van der Waals surface area contributed by atoms with E-state index in [0.717, 1.165) is 17.8 Å². The average Bonchev–Trinajstić information content (AvgIpc) is 2.50. The maximum Gasteiger partial charge on any atom is 0.253 e. The van der Waals surface area contributed by atoms with Crippen LogP contribution in [0, 0.1) is 6.92 Å². The Labute approximate surface area is 84.3 Å². The van der Waals surface area contributed by atoms with E-state index in [-0.39, 0.29) is 5.91 Å². The first-order valence-electron chi connectivity index (χ1n) is 4.68. The van der Waals surface area contributed by atoms with E-state index in [1.807, 2.05) is 25.9 Å². The molecule has 0 aliphatic carbocycles. The van der Waals surface area contributed by atoms with E-state index in [1.54, 1.807) is 12.3 Å². The number of carbonyl (C=O) groups is 1. The van der Waals surface area contributed by atoms with Crippen LogP contribution < -0.4 is 5.32 Å². The first kappa shape index (κ1) is 10.8. The molecular formula is C10H17N3O. The third kappa shape index (κ3) is 2.88. The molecule has 0 saturated heterocycles. The van der Waals surface area contributed by atoms with Crippen molar-refractivity contribution in [2.45, 2.75) is 6.92 Å². The number of aromatic nitrogens is 1. The van der Waals surface area contributed by atoms with E-state index in [1.165, 1.54) is 0 Å². The van der Waals surface area contributed by atoms with Gasteiger partial charge in [-0.15, -0.1) is 0 Å². The Bertz CT molecular complexity index is 304. The third-order valence-corrected chi connectivity index (χ3v) is 2.04. The van der Waals surface area contributed by atoms with Crippen molar-refractivity contribution in [1.29, 1.82) is 0 Å². The van der Waals surface area contributed by atoms with Crippen LogP contribution in [0.25, 0.3) is 0 Å². The highest BCUT2D eigenvalue weighted by Gasteiger charge is 2.08. The minimum Gasteiger partial charge on any atom is -0.365 e. The Hall–Kier alpha value is -1.29. The first-order chi connectivity index (χ1) is 6.61. The summed E-state index contributed by atoms with van der Waals surface area (Å²) in [5.74, 6) is -0.00870. The lowest BCUT2D eigenvalue weighted by molar-refractivity contribution is 0.0950. The van der Waals surface area contributed by atoms with Crippen LogP contribution in [-0.4, -0.2) is 43.0 Å². The van der Waals surface area contributed by atoms with Gasteiger partial charge in [0, 0.05) is 25.0 Å². The zero-order valence-corrected chi connectivity index (χ0v) is 8.92. The molecule has 0 aromatic carbocycles. The largest absolute Gasteiger partial charge is 0.365 e. The lowest BCUT2D eigenvalue weighted by Crippen LogP contribution is -2.31. The number of hydrogen-bond acceptors (Lipinski definition) is 2. The standard InChI is InChI=1S/C10H17N3O/c1-8-9(4-5-11-8)10(14)12-6-7-13(2)3/h4-5,11H,6-7H2,1-3H3,(H,12,14). The van der Waals surface area contributed by atoms with Crippen LogP contribution in [0.15, 0.2) is 12.3 Å². The molecule has 0 spiro atoms. The van der Waals surface area contributed by atoms with E-state index in [4.69, 9.17) is 0 Å². The van der Waals surface area contributed by atoms with Gasteiger partial charge in [-0.25, -0.2) is 0 Å². The van der Waals surface area contributed by atoms with Gasteiger partial charge in [0.2, 0.25) is 0 Å². The van der Waals surface area contributed by atoms with Crippen LogP contribution >= 0.6 is 0 Å². The van der Waals surface area contributed by atoms with Crippen LogP contribution in [0.3, 0.4) is 0 Å². The van der Waals surface area contributed by atoms with E-state index in [9.17, 15) is 4.79 Å². The Balaban J connectivity index is 2.40. The molecule has 0 fully saturated rings. The number of rotatable bonds is 4. The summed E-state index contributed by atoms with van der Waals surface area (Å²) < 4.78 is 0. The molecule has 0 atom stereocenters. The van der Waals surface area contributed by atoms with Gasteiger partial charge in [0.05, 0.1) is 5.56 Å². The molecule has 4 nitrogen and oxygen atoms in total. The molecule has 4 heteroatoms. The van der Waals surface area contributed by atoms with Crippen LogP contribution in [-0.2, 0) is 0 Å². The summed E-state index contributed by atoms with van der Waals surface area (Å²) in [4.78, 5) is 16.6. The summed E-state index contributed by atoms with van der Waals surface area (Å²) in [6.45, 7) is 3.42. The van der Waals surface area contributed by atoms with Gasteiger partial charge in [-0.3, -0.25) is 4.79 Å². The predicted molar refractivity (Wildman–Crippen MR) is 56.4 cm³/mol. The van der Waals surface area contributed by atoms with Crippen LogP contribution in [0.1, 0.15) is 16.1 Å². The van der Waals surface area contributed by atoms with Crippen molar-refractivity contribution >= 4 is 5.91 Å². The fourth-order valence-corrected chi connectivity index (χ4v) is 1.19. The summed E-state index contributed by atoms with van der Waals surface area (Å²) in [5.41, 5.74) is 1.64. The number of carbonyl (C=O) groups excluding carboxylic acids is 1. The molecule has 0 bridgehead atoms. The minimum absolute atomic E-state index is 0.00870. The topological polar surface area (TPSA) is 48.1 Å². The van der Waals surface area contributed by atoms with Crippen molar-refractivity contribution in [2.24, 2.45) is 0 Å². The maximum atomic E-state index is 11.6. The number of H-pyrrole nitrogens is 1. The second kappa shape index (κ2) is 4.81. The summed E-state index contributed by atoms with van der Waals surface area (Å²) in [6, 6.07) is 1.79. The Morgan fingerprint density at radius 1 is 1.57 bits per heavy atom. The predicted octanol–water partition coefficient (Wildman–Crippen LogP) is 0.615. The van der Waals surface area contributed by atoms with E-state index >= 15 is 0 Å². The summed E-state index contributed by atoms with van der Waals surface area (Å²) in [7, 11) is 3.96. The van der Waals surface area contributed by atoms with E-state index in [0.29, 0.717) is 6.54 Å². The number of nitrogens with zero attached hydrogens (tertiary/aromatic N) is 1. The normalized spacial score (nSPS) is 10.6. The van der Waals surface area contributed by atoms with Crippen molar-refractivity contribution in [3.63, 3.8) is 0 Å². The molecule has 0 aliphatic rings. The lowest BCUT2D eigenvalue weighted by atomic mass is 10.2. The van der Waals surface area contributed by atoms with Gasteiger partial charge in [-0.05, 0) is 27.1 Å². The van der Waals surface area contributed by atoms with Gasteiger partial charge < -0.3 is 15.2 Å². The van der Waals surface area contributed by atoms with Crippen LogP contribution in [0.4, 0.5) is 0 Å². The zero-order chi connectivity index (χ0) is 10.6. The highest BCUT2D eigenvalue weighted by Crippen LogP contribution is 2.03. The molecule has 0 unspecified atom stereocenters. The third-order valence-electron chi connectivity index (χ3n) is 2.04. The van der Waals surface area contributed by atoms with Crippen molar-refractivity contribution < 1.29 is 4.79 Å². The molecule has 78 valence electrons. The SMILES string of the molecule is Cc1[nH]ccc1C(=O)NCCN(C)C. The number of nitrogens with one attached hydrogen (secondary N) is 2. The second-order valence-electron chi connectivity index (χ2n) is 3.58. The molecule has 1 amide bonds. The number of hydrogen-bond donors (Lipinski definition) is 2. The van der Waals surface area contributed by atoms with Crippen molar-refractivity contribution in [3.8, 4) is 0 Å². The number of likely N-dealkylation sites (N-methyl/N-ethyl adjacent to an activating group) is 1. The van der Waals surface area contributed by atoms with Gasteiger partial charge in [0.15, 0.2) is 0 Å². The average molecular weight is 195 g/mol. The van der Waals surface area contributed by atoms with Crippen molar-refractivity contribution in [3.05, 3.63) is 23.5 Å². The molecule has 1 heterocycles. The smallest absolute Gasteiger partial charge is 0.253 e. The van der Waals surface area contributed by atoms with Crippen molar-refractivity contribution in [1.82, 2.24) is 15.2 Å². The minimum atomic E-state index is -0.00870. The summed E-state index contributed by atoms with van der Waals surface area (Å²) in [5, 5.41) is 2.86. The molecular weight excluding hydrogens is 178 g/mol. The first-order valence-corrected chi connectivity index (χ1v) is 4.68. The van der Waals surface area contributed by atoms with Gasteiger partial charge in [0.1, 0.15) is 0 Å². The molecule has 0 aliphatic heterocycles. The summed E-state index contributed by atoms with van der Waals surface area (Å²) >= 11 is 0. The number of amides is 1. The molecule has 0 saturated carbocycles. The zero-order valence-electron chi connectivity index (χ0n) is 8.92. The molecule has 0 radical (unpaired) electrons. The molecule has 1 aromatic heterocycles. The van der Waals surface area contributed by atoms with Gasteiger partial charge in [-0.1, -0.05) is 0 Å². The van der Waals surface area contributed by atoms with E-state index < -0.39 is 0 Å². The number of aromatic amines is 1. The molecule has 1 rings (SSSR count). The fraction of sp³-hybridized carbons (Fsp3) is 0.500. The molecule has 1 aromatic rings.